The predicted molar refractivity (Wildman–Crippen MR) is 115 cm³/mol. The zero-order valence-corrected chi connectivity index (χ0v) is 17.0. The molecule has 0 saturated heterocycles. The molecule has 5 rings (SSSR count). The standard InChI is InChI=1S/C22H21N3O4S/c26-30(27,17-7-8-20-21(14-17)29-11-10-28-20)23-9-3-6-22-24-18-12-15-4-1-2-5-16(15)13-19(18)25-22/h1-2,4-5,7-8,12-14,23H,3,6,9-11H2,(H,24,25). The number of nitrogens with zero attached hydrogens (tertiary/aromatic N) is 1. The maximum absolute atomic E-state index is 12.6. The highest BCUT2D eigenvalue weighted by Crippen LogP contribution is 2.32. The molecule has 4 aromatic rings. The van der Waals surface area contributed by atoms with Crippen molar-refractivity contribution in [3.63, 3.8) is 0 Å². The van der Waals surface area contributed by atoms with Crippen LogP contribution in [0.3, 0.4) is 0 Å². The highest BCUT2D eigenvalue weighted by Gasteiger charge is 2.19. The van der Waals surface area contributed by atoms with Crippen LogP contribution in [-0.4, -0.2) is 38.1 Å². The first kappa shape index (κ1) is 18.9. The van der Waals surface area contributed by atoms with E-state index < -0.39 is 10.0 Å². The quantitative estimate of drug-likeness (QED) is 0.464. The van der Waals surface area contributed by atoms with Crippen LogP contribution in [0.4, 0.5) is 0 Å². The molecule has 2 heterocycles. The SMILES string of the molecule is O=S(=O)(NCCCc1nc2cc3ccccc3cc2[nH]1)c1ccc2c(c1)OCCO2. The van der Waals surface area contributed by atoms with E-state index in [-0.39, 0.29) is 4.90 Å². The van der Waals surface area contributed by atoms with Crippen molar-refractivity contribution < 1.29 is 17.9 Å². The molecule has 1 aromatic heterocycles. The van der Waals surface area contributed by atoms with Crippen molar-refractivity contribution in [2.24, 2.45) is 0 Å². The molecule has 0 amide bonds. The summed E-state index contributed by atoms with van der Waals surface area (Å²) in [5, 5.41) is 2.31. The van der Waals surface area contributed by atoms with Gasteiger partial charge in [0.1, 0.15) is 19.0 Å². The zero-order chi connectivity index (χ0) is 20.6. The second-order valence-electron chi connectivity index (χ2n) is 7.21. The Morgan fingerprint density at radius 2 is 1.73 bits per heavy atom. The van der Waals surface area contributed by atoms with Crippen LogP contribution < -0.4 is 14.2 Å². The number of H-pyrrole nitrogens is 1. The first-order valence-electron chi connectivity index (χ1n) is 9.85. The molecule has 1 aliphatic rings. The number of rotatable bonds is 6. The summed E-state index contributed by atoms with van der Waals surface area (Å²) < 4.78 is 38.7. The van der Waals surface area contributed by atoms with Gasteiger partial charge >= 0.3 is 0 Å². The van der Waals surface area contributed by atoms with Gasteiger partial charge in [0, 0.05) is 19.0 Å². The summed E-state index contributed by atoms with van der Waals surface area (Å²) in [6, 6.07) is 17.0. The lowest BCUT2D eigenvalue weighted by Crippen LogP contribution is -2.25. The van der Waals surface area contributed by atoms with E-state index >= 15 is 0 Å². The lowest BCUT2D eigenvalue weighted by atomic mass is 10.1. The number of hydrogen-bond acceptors (Lipinski definition) is 5. The molecule has 154 valence electrons. The molecule has 0 bridgehead atoms. The van der Waals surface area contributed by atoms with Gasteiger partial charge in [-0.1, -0.05) is 24.3 Å². The normalized spacial score (nSPS) is 13.7. The van der Waals surface area contributed by atoms with Crippen LogP contribution >= 0.6 is 0 Å². The minimum Gasteiger partial charge on any atom is -0.486 e. The average Bonchev–Trinajstić information content (AvgIpc) is 3.16. The van der Waals surface area contributed by atoms with E-state index in [0.717, 1.165) is 27.6 Å². The lowest BCUT2D eigenvalue weighted by Gasteiger charge is -2.18. The fourth-order valence-corrected chi connectivity index (χ4v) is 4.69. The molecule has 0 atom stereocenters. The van der Waals surface area contributed by atoms with Crippen LogP contribution in [0.15, 0.2) is 59.5 Å². The van der Waals surface area contributed by atoms with Crippen LogP contribution in [0.25, 0.3) is 21.8 Å². The van der Waals surface area contributed by atoms with Crippen molar-refractivity contribution in [3.8, 4) is 11.5 Å². The molecule has 0 unspecified atom stereocenters. The third-order valence-electron chi connectivity index (χ3n) is 5.10. The summed E-state index contributed by atoms with van der Waals surface area (Å²) in [7, 11) is -3.62. The molecular weight excluding hydrogens is 402 g/mol. The van der Waals surface area contributed by atoms with Gasteiger partial charge in [-0.15, -0.1) is 0 Å². The van der Waals surface area contributed by atoms with E-state index in [4.69, 9.17) is 9.47 Å². The van der Waals surface area contributed by atoms with Gasteiger partial charge in [-0.2, -0.15) is 0 Å². The van der Waals surface area contributed by atoms with E-state index in [1.54, 1.807) is 6.07 Å². The van der Waals surface area contributed by atoms with E-state index in [1.807, 2.05) is 12.1 Å². The molecule has 0 aliphatic carbocycles. The Labute approximate surface area is 174 Å². The first-order chi connectivity index (χ1) is 14.6. The van der Waals surface area contributed by atoms with Crippen molar-refractivity contribution in [2.75, 3.05) is 19.8 Å². The number of nitrogens with one attached hydrogen (secondary N) is 2. The topological polar surface area (TPSA) is 93.3 Å². The second kappa shape index (κ2) is 7.62. The highest BCUT2D eigenvalue weighted by molar-refractivity contribution is 7.89. The molecule has 0 radical (unpaired) electrons. The molecular formula is C22H21N3O4S. The van der Waals surface area contributed by atoms with Crippen LogP contribution in [0.2, 0.25) is 0 Å². The number of imidazole rings is 1. The van der Waals surface area contributed by atoms with Gasteiger partial charge in [0.15, 0.2) is 11.5 Å². The Balaban J connectivity index is 1.23. The Morgan fingerprint density at radius 3 is 2.57 bits per heavy atom. The van der Waals surface area contributed by atoms with Crippen LogP contribution in [0.5, 0.6) is 11.5 Å². The fourth-order valence-electron chi connectivity index (χ4n) is 3.60. The van der Waals surface area contributed by atoms with Gasteiger partial charge in [-0.05, 0) is 41.5 Å². The van der Waals surface area contributed by atoms with Crippen LogP contribution in [0, 0.1) is 0 Å². The molecule has 0 fully saturated rings. The Bertz CT molecular complexity index is 1280. The van der Waals surface area contributed by atoms with Gasteiger partial charge in [0.05, 0.1) is 15.9 Å². The van der Waals surface area contributed by atoms with Gasteiger partial charge in [-0.3, -0.25) is 0 Å². The fraction of sp³-hybridized carbons (Fsp3) is 0.227. The summed E-state index contributed by atoms with van der Waals surface area (Å²) in [6.07, 6.45) is 1.28. The van der Waals surface area contributed by atoms with E-state index in [1.165, 1.54) is 12.1 Å². The average molecular weight is 423 g/mol. The number of fused-ring (bicyclic) bond motifs is 3. The molecule has 8 heteroatoms. The van der Waals surface area contributed by atoms with E-state index in [9.17, 15) is 8.42 Å². The minimum atomic E-state index is -3.62. The molecule has 1 aliphatic heterocycles. The van der Waals surface area contributed by atoms with E-state index in [0.29, 0.717) is 44.1 Å². The molecule has 3 aromatic carbocycles. The monoisotopic (exact) mass is 423 g/mol. The molecule has 2 N–H and O–H groups in total. The Kier molecular flexibility index (Phi) is 4.80. The summed E-state index contributed by atoms with van der Waals surface area (Å²) in [5.74, 6) is 1.87. The maximum Gasteiger partial charge on any atom is 0.240 e. The van der Waals surface area contributed by atoms with Crippen molar-refractivity contribution in [3.05, 3.63) is 60.4 Å². The smallest absolute Gasteiger partial charge is 0.240 e. The van der Waals surface area contributed by atoms with Crippen molar-refractivity contribution in [1.29, 1.82) is 0 Å². The van der Waals surface area contributed by atoms with Crippen molar-refractivity contribution in [2.45, 2.75) is 17.7 Å². The van der Waals surface area contributed by atoms with E-state index in [2.05, 4.69) is 39.0 Å². The number of aromatic amines is 1. The van der Waals surface area contributed by atoms with Gasteiger partial charge in [0.25, 0.3) is 0 Å². The highest BCUT2D eigenvalue weighted by atomic mass is 32.2. The number of sulfonamides is 1. The van der Waals surface area contributed by atoms with Crippen molar-refractivity contribution in [1.82, 2.24) is 14.7 Å². The summed E-state index contributed by atoms with van der Waals surface area (Å²) in [6.45, 7) is 1.20. The summed E-state index contributed by atoms with van der Waals surface area (Å²) >= 11 is 0. The Morgan fingerprint density at radius 1 is 0.967 bits per heavy atom. The Hall–Kier alpha value is -3.10. The molecule has 7 nitrogen and oxygen atoms in total. The predicted octanol–water partition coefficient (Wildman–Crippen LogP) is 3.40. The minimum absolute atomic E-state index is 0.169. The third kappa shape index (κ3) is 3.71. The number of ether oxygens (including phenoxy) is 2. The van der Waals surface area contributed by atoms with Gasteiger partial charge in [-0.25, -0.2) is 18.1 Å². The number of benzene rings is 3. The molecule has 0 saturated carbocycles. The lowest BCUT2D eigenvalue weighted by molar-refractivity contribution is 0.171. The van der Waals surface area contributed by atoms with Gasteiger partial charge < -0.3 is 14.5 Å². The molecule has 30 heavy (non-hydrogen) atoms. The van der Waals surface area contributed by atoms with Crippen molar-refractivity contribution >= 4 is 31.8 Å². The summed E-state index contributed by atoms with van der Waals surface area (Å²) in [4.78, 5) is 8.14. The van der Waals surface area contributed by atoms with Crippen LogP contribution in [0.1, 0.15) is 12.2 Å². The second-order valence-corrected chi connectivity index (χ2v) is 8.97. The third-order valence-corrected chi connectivity index (χ3v) is 6.56. The molecule has 0 spiro atoms. The number of aryl methyl sites for hydroxylation is 1. The van der Waals surface area contributed by atoms with Gasteiger partial charge in [0.2, 0.25) is 10.0 Å². The summed E-state index contributed by atoms with van der Waals surface area (Å²) in [5.41, 5.74) is 1.90. The number of aromatic nitrogens is 2. The number of hydrogen-bond donors (Lipinski definition) is 2. The zero-order valence-electron chi connectivity index (χ0n) is 16.2. The first-order valence-corrected chi connectivity index (χ1v) is 11.3. The maximum atomic E-state index is 12.6. The largest absolute Gasteiger partial charge is 0.486 e. The van der Waals surface area contributed by atoms with Crippen LogP contribution in [-0.2, 0) is 16.4 Å².